The van der Waals surface area contributed by atoms with Gasteiger partial charge in [0.05, 0.1) is 22.9 Å². The molecule has 2 unspecified atom stereocenters. The molecule has 4 aromatic rings. The summed E-state index contributed by atoms with van der Waals surface area (Å²) in [6.45, 7) is 1.95. The number of aryl methyl sites for hydroxylation is 1. The number of carbonyl (C=O) groups is 4. The van der Waals surface area contributed by atoms with Crippen molar-refractivity contribution in [1.29, 1.82) is 0 Å². The average molecular weight is 555 g/mol. The Balaban J connectivity index is 1.33. The number of hydrogen-bond acceptors (Lipinski definition) is 5. The summed E-state index contributed by atoms with van der Waals surface area (Å²) in [5, 5.41) is 6.83. The molecule has 0 aromatic heterocycles. The van der Waals surface area contributed by atoms with Crippen molar-refractivity contribution in [3.8, 4) is 0 Å². The average Bonchev–Trinajstić information content (AvgIpc) is 3.28. The van der Waals surface area contributed by atoms with Gasteiger partial charge in [-0.1, -0.05) is 84.4 Å². The first-order valence-corrected chi connectivity index (χ1v) is 13.8. The maximum Gasteiger partial charge on any atom is 0.329 e. The lowest BCUT2D eigenvalue weighted by Crippen LogP contribution is -2.54. The number of anilines is 2. The van der Waals surface area contributed by atoms with E-state index >= 15 is 0 Å². The first-order chi connectivity index (χ1) is 20.4. The normalized spacial score (nSPS) is 23.4. The third-order valence-electron chi connectivity index (χ3n) is 8.65. The van der Waals surface area contributed by atoms with Crippen molar-refractivity contribution < 1.29 is 19.2 Å². The monoisotopic (exact) mass is 554 g/mol. The molecule has 0 radical (unpaired) electrons. The number of amides is 4. The lowest BCUT2D eigenvalue weighted by molar-refractivity contribution is -0.136. The van der Waals surface area contributed by atoms with E-state index in [4.69, 9.17) is 0 Å². The quantitative estimate of drug-likeness (QED) is 0.170. The number of nitrogens with one attached hydrogen (secondary N) is 2. The topological polar surface area (TPSA) is 108 Å². The molecule has 1 heterocycles. The molecule has 1 saturated heterocycles. The Labute approximate surface area is 242 Å². The van der Waals surface area contributed by atoms with E-state index in [1.807, 2.05) is 67.6 Å². The lowest BCUT2D eigenvalue weighted by Gasteiger charge is -2.52. The largest absolute Gasteiger partial charge is 0.329 e. The molecule has 3 aliphatic carbocycles. The second kappa shape index (κ2) is 9.62. The minimum absolute atomic E-state index is 0.257. The molecular weight excluding hydrogens is 528 g/mol. The summed E-state index contributed by atoms with van der Waals surface area (Å²) in [6.07, 6.45) is 1.54. The van der Waals surface area contributed by atoms with Crippen molar-refractivity contribution in [2.75, 3.05) is 10.2 Å². The Bertz CT molecular complexity index is 1750. The highest BCUT2D eigenvalue weighted by Crippen LogP contribution is 2.63. The van der Waals surface area contributed by atoms with Crippen molar-refractivity contribution in [2.24, 2.45) is 16.9 Å². The van der Waals surface area contributed by atoms with Gasteiger partial charge in [0.25, 0.3) is 0 Å². The van der Waals surface area contributed by atoms with Crippen LogP contribution in [-0.2, 0) is 24.6 Å². The Morgan fingerprint density at radius 3 is 2.00 bits per heavy atom. The van der Waals surface area contributed by atoms with Gasteiger partial charge in [-0.25, -0.2) is 10.3 Å². The molecular formula is C34H26N4O4. The van der Waals surface area contributed by atoms with E-state index in [1.54, 1.807) is 42.5 Å². The molecule has 8 nitrogen and oxygen atoms in total. The number of benzene rings is 4. The number of para-hydroxylation sites is 1. The lowest BCUT2D eigenvalue weighted by atomic mass is 9.47. The molecule has 0 spiro atoms. The molecule has 0 saturated carbocycles. The molecule has 8 rings (SSSR count). The van der Waals surface area contributed by atoms with Crippen molar-refractivity contribution in [3.05, 3.63) is 131 Å². The van der Waals surface area contributed by atoms with Crippen LogP contribution in [0.3, 0.4) is 0 Å². The molecule has 1 fully saturated rings. The van der Waals surface area contributed by atoms with Crippen LogP contribution >= 0.6 is 0 Å². The summed E-state index contributed by atoms with van der Waals surface area (Å²) in [5.41, 5.74) is 6.83. The number of nitrogens with zero attached hydrogens (tertiary/aromatic N) is 2. The van der Waals surface area contributed by atoms with Crippen LogP contribution in [0, 0.1) is 18.8 Å². The van der Waals surface area contributed by atoms with Crippen LogP contribution < -0.4 is 15.6 Å². The molecule has 2 N–H and O–H groups in total. The van der Waals surface area contributed by atoms with E-state index in [0.717, 1.165) is 27.8 Å². The van der Waals surface area contributed by atoms with Crippen LogP contribution in [0.2, 0.25) is 0 Å². The third kappa shape index (κ3) is 3.65. The highest BCUT2D eigenvalue weighted by Gasteiger charge is 2.68. The smallest absolute Gasteiger partial charge is 0.318 e. The predicted molar refractivity (Wildman–Crippen MR) is 158 cm³/mol. The van der Waals surface area contributed by atoms with Crippen molar-refractivity contribution >= 4 is 41.2 Å². The Morgan fingerprint density at radius 2 is 1.36 bits per heavy atom. The second-order valence-electron chi connectivity index (χ2n) is 10.9. The van der Waals surface area contributed by atoms with E-state index in [2.05, 4.69) is 15.8 Å². The molecule has 8 heteroatoms. The maximum absolute atomic E-state index is 14.4. The Morgan fingerprint density at radius 1 is 0.762 bits per heavy atom. The fourth-order valence-electron chi connectivity index (χ4n) is 6.95. The predicted octanol–water partition coefficient (Wildman–Crippen LogP) is 4.29. The highest BCUT2D eigenvalue weighted by molar-refractivity contribution is 6.39. The van der Waals surface area contributed by atoms with E-state index < -0.39 is 29.1 Å². The standard InChI is InChI=1S/C34H26N4O4/c1-20-15-17-22(18-16-20)38-32(41)28-27-23-11-5-7-13-25(23)34(29(28)33(38)42,26-14-8-6-12-24(26)27)19-35-37-31(40)30(39)36-21-9-3-2-4-10-21/h2-19,27-29H,1H3,(H,36,39)(H,37,40). The zero-order chi connectivity index (χ0) is 29.0. The van der Waals surface area contributed by atoms with E-state index in [1.165, 1.54) is 11.1 Å². The first kappa shape index (κ1) is 25.6. The van der Waals surface area contributed by atoms with Crippen molar-refractivity contribution in [2.45, 2.75) is 18.3 Å². The summed E-state index contributed by atoms with van der Waals surface area (Å²) in [5.74, 6) is -4.17. The summed E-state index contributed by atoms with van der Waals surface area (Å²) < 4.78 is 0. The summed E-state index contributed by atoms with van der Waals surface area (Å²) in [7, 11) is 0. The molecule has 2 bridgehead atoms. The van der Waals surface area contributed by atoms with Crippen LogP contribution in [0.4, 0.5) is 11.4 Å². The minimum Gasteiger partial charge on any atom is -0.318 e. The maximum atomic E-state index is 14.4. The van der Waals surface area contributed by atoms with Crippen molar-refractivity contribution in [1.82, 2.24) is 5.43 Å². The first-order valence-electron chi connectivity index (χ1n) is 13.8. The van der Waals surface area contributed by atoms with Crippen molar-refractivity contribution in [3.63, 3.8) is 0 Å². The number of carbonyl (C=O) groups excluding carboxylic acids is 4. The van der Waals surface area contributed by atoms with Gasteiger partial charge in [-0.2, -0.15) is 5.10 Å². The van der Waals surface area contributed by atoms with Gasteiger partial charge in [0, 0.05) is 17.8 Å². The van der Waals surface area contributed by atoms with E-state index in [9.17, 15) is 19.2 Å². The fraction of sp³-hybridized carbons (Fsp3) is 0.147. The van der Waals surface area contributed by atoms with Gasteiger partial charge < -0.3 is 5.32 Å². The number of hydrazone groups is 1. The van der Waals surface area contributed by atoms with Crippen LogP contribution in [0.15, 0.2) is 108 Å². The minimum atomic E-state index is -1.15. The summed E-state index contributed by atoms with van der Waals surface area (Å²) in [4.78, 5) is 55.1. The second-order valence-corrected chi connectivity index (χ2v) is 10.9. The van der Waals surface area contributed by atoms with Gasteiger partial charge in [-0.15, -0.1) is 0 Å². The van der Waals surface area contributed by atoms with Gasteiger partial charge in [0.15, 0.2) is 0 Å². The van der Waals surface area contributed by atoms with Gasteiger partial charge in [0.1, 0.15) is 0 Å². The Kier molecular flexibility index (Phi) is 5.86. The fourth-order valence-corrected chi connectivity index (χ4v) is 6.95. The zero-order valence-electron chi connectivity index (χ0n) is 22.7. The Hall–Kier alpha value is -5.37. The summed E-state index contributed by atoms with van der Waals surface area (Å²) in [6, 6.07) is 31.5. The van der Waals surface area contributed by atoms with Crippen LogP contribution in [-0.4, -0.2) is 29.8 Å². The van der Waals surface area contributed by atoms with Gasteiger partial charge in [-0.3, -0.25) is 19.2 Å². The van der Waals surface area contributed by atoms with E-state index in [0.29, 0.717) is 11.4 Å². The van der Waals surface area contributed by atoms with Crippen LogP contribution in [0.5, 0.6) is 0 Å². The van der Waals surface area contributed by atoms with E-state index in [-0.39, 0.29) is 17.7 Å². The molecule has 42 heavy (non-hydrogen) atoms. The molecule has 2 atom stereocenters. The number of hydrogen-bond donors (Lipinski definition) is 2. The summed E-state index contributed by atoms with van der Waals surface area (Å²) >= 11 is 0. The number of imide groups is 1. The van der Waals surface area contributed by atoms with Gasteiger partial charge in [0.2, 0.25) is 11.8 Å². The zero-order valence-corrected chi connectivity index (χ0v) is 22.7. The van der Waals surface area contributed by atoms with Crippen LogP contribution in [0.25, 0.3) is 0 Å². The number of rotatable bonds is 4. The highest BCUT2D eigenvalue weighted by atomic mass is 16.2. The molecule has 1 aliphatic heterocycles. The molecule has 4 aliphatic rings. The molecule has 4 aromatic carbocycles. The SMILES string of the molecule is Cc1ccc(N2C(=O)C3C4c5ccccc5C(C=NNC(=O)C(=O)Nc5ccccc5)(c5ccccc54)C3C2=O)cc1. The van der Waals surface area contributed by atoms with Crippen LogP contribution in [0.1, 0.15) is 33.7 Å². The molecule has 4 amide bonds. The molecule has 206 valence electrons. The van der Waals surface area contributed by atoms with Gasteiger partial charge >= 0.3 is 11.8 Å². The van der Waals surface area contributed by atoms with Gasteiger partial charge in [-0.05, 0) is 53.4 Å². The third-order valence-corrected chi connectivity index (χ3v) is 8.65.